The van der Waals surface area contributed by atoms with Gasteiger partial charge in [0.1, 0.15) is 22.8 Å². The zero-order valence-corrected chi connectivity index (χ0v) is 18.5. The topological polar surface area (TPSA) is 145 Å². The fourth-order valence-corrected chi connectivity index (χ4v) is 4.65. The van der Waals surface area contributed by atoms with E-state index in [4.69, 9.17) is 9.88 Å². The minimum Gasteiger partial charge on any atom is -0.459 e. The van der Waals surface area contributed by atoms with Gasteiger partial charge in [0, 0.05) is 17.5 Å². The molecule has 174 valence electrons. The summed E-state index contributed by atoms with van der Waals surface area (Å²) in [5.74, 6) is -0.0778. The summed E-state index contributed by atoms with van der Waals surface area (Å²) < 4.78 is 73.9. The minimum atomic E-state index is -4.62. The zero-order chi connectivity index (χ0) is 24.6. The van der Waals surface area contributed by atoms with Gasteiger partial charge in [-0.3, -0.25) is 0 Å². The number of halogens is 3. The van der Waals surface area contributed by atoms with Crippen LogP contribution in [0.4, 0.5) is 13.2 Å². The molecule has 4 rings (SSSR count). The predicted octanol–water partition coefficient (Wildman–Crippen LogP) is 3.31. The average molecular weight is 506 g/mol. The fraction of sp³-hybridized carbons (Fsp3) is 0.150. The summed E-state index contributed by atoms with van der Waals surface area (Å²) in [7, 11) is -4.14. The molecule has 2 aromatic heterocycles. The van der Waals surface area contributed by atoms with E-state index in [2.05, 4.69) is 19.6 Å². The van der Waals surface area contributed by atoms with Crippen molar-refractivity contribution < 1.29 is 26.3 Å². The number of nitriles is 1. The molecule has 0 aliphatic heterocycles. The summed E-state index contributed by atoms with van der Waals surface area (Å²) in [6.45, 7) is 0. The van der Waals surface area contributed by atoms with Gasteiger partial charge < -0.3 is 4.74 Å². The summed E-state index contributed by atoms with van der Waals surface area (Å²) in [5, 5.41) is 22.9. The van der Waals surface area contributed by atoms with Crippen LogP contribution in [0.15, 0.2) is 65.8 Å². The van der Waals surface area contributed by atoms with Crippen molar-refractivity contribution in [3.8, 4) is 22.9 Å². The molecular formula is C20H13F3N6O3S2. The molecule has 2 heterocycles. The number of hydrogen-bond donors (Lipinski definition) is 1. The molecule has 9 nitrogen and oxygen atoms in total. The van der Waals surface area contributed by atoms with Crippen LogP contribution >= 0.6 is 11.5 Å². The number of allylic oxidation sites excluding steroid dienone is 4. The van der Waals surface area contributed by atoms with Crippen LogP contribution in [0.25, 0.3) is 11.1 Å². The van der Waals surface area contributed by atoms with Gasteiger partial charge in [-0.2, -0.15) is 33.0 Å². The van der Waals surface area contributed by atoms with Gasteiger partial charge in [-0.25, -0.2) is 18.5 Å². The Morgan fingerprint density at radius 1 is 1.21 bits per heavy atom. The average Bonchev–Trinajstić information content (AvgIpc) is 3.34. The van der Waals surface area contributed by atoms with E-state index in [9.17, 15) is 26.9 Å². The highest BCUT2D eigenvalue weighted by Gasteiger charge is 2.46. The Hall–Kier alpha value is -3.67. The summed E-state index contributed by atoms with van der Waals surface area (Å²) in [6, 6.07) is 6.32. The highest BCUT2D eigenvalue weighted by atomic mass is 32.2. The number of rotatable bonds is 5. The Labute approximate surface area is 195 Å². The number of hydrogen-bond acceptors (Lipinski definition) is 9. The van der Waals surface area contributed by atoms with Crippen LogP contribution in [0.5, 0.6) is 5.75 Å². The summed E-state index contributed by atoms with van der Waals surface area (Å²) in [6.07, 6.45) is 1.17. The van der Waals surface area contributed by atoms with E-state index >= 15 is 0 Å². The minimum absolute atomic E-state index is 0.0242. The van der Waals surface area contributed by atoms with Crippen LogP contribution < -0.4 is 9.88 Å². The lowest BCUT2D eigenvalue weighted by Gasteiger charge is -2.30. The van der Waals surface area contributed by atoms with Crippen molar-refractivity contribution >= 4 is 21.6 Å². The van der Waals surface area contributed by atoms with Gasteiger partial charge in [-0.1, -0.05) is 0 Å². The molecule has 0 bridgehead atoms. The maximum atomic E-state index is 13.4. The van der Waals surface area contributed by atoms with Crippen molar-refractivity contribution in [2.45, 2.75) is 18.0 Å². The molecule has 1 atom stereocenters. The second-order valence-electron chi connectivity index (χ2n) is 7.09. The Morgan fingerprint density at radius 3 is 2.59 bits per heavy atom. The van der Waals surface area contributed by atoms with Crippen molar-refractivity contribution in [3.05, 3.63) is 76.4 Å². The molecule has 1 aromatic carbocycles. The van der Waals surface area contributed by atoms with E-state index in [0.717, 1.165) is 29.7 Å². The smallest absolute Gasteiger partial charge is 0.416 e. The summed E-state index contributed by atoms with van der Waals surface area (Å²) in [5.41, 5.74) is -2.33. The summed E-state index contributed by atoms with van der Waals surface area (Å²) in [4.78, 5) is 3.82. The molecule has 0 spiro atoms. The van der Waals surface area contributed by atoms with Crippen LogP contribution in [-0.2, 0) is 21.6 Å². The first-order chi connectivity index (χ1) is 16.0. The molecular weight excluding hydrogens is 493 g/mol. The van der Waals surface area contributed by atoms with E-state index < -0.39 is 33.6 Å². The maximum Gasteiger partial charge on any atom is 0.416 e. The van der Waals surface area contributed by atoms with E-state index in [1.54, 1.807) is 0 Å². The second-order valence-corrected chi connectivity index (χ2v) is 9.49. The van der Waals surface area contributed by atoms with Gasteiger partial charge in [0.25, 0.3) is 0 Å². The van der Waals surface area contributed by atoms with Crippen molar-refractivity contribution in [1.29, 1.82) is 5.26 Å². The first-order valence-corrected chi connectivity index (χ1v) is 11.7. The Kier molecular flexibility index (Phi) is 5.94. The molecule has 2 N–H and O–H groups in total. The van der Waals surface area contributed by atoms with E-state index in [-0.39, 0.29) is 32.5 Å². The van der Waals surface area contributed by atoms with Gasteiger partial charge in [-0.15, -0.1) is 0 Å². The zero-order valence-electron chi connectivity index (χ0n) is 16.9. The molecule has 3 aromatic rings. The highest BCUT2D eigenvalue weighted by Crippen LogP contribution is 2.45. The first kappa shape index (κ1) is 23.5. The number of alkyl halides is 3. The Morgan fingerprint density at radius 2 is 2.00 bits per heavy atom. The third-order valence-electron chi connectivity index (χ3n) is 4.99. The maximum absolute atomic E-state index is 13.4. The number of ether oxygens (including phenoxy) is 1. The molecule has 14 heteroatoms. The second kappa shape index (κ2) is 8.60. The van der Waals surface area contributed by atoms with Crippen LogP contribution in [0, 0.1) is 11.3 Å². The monoisotopic (exact) mass is 506 g/mol. The Balaban J connectivity index is 1.88. The number of sulfonamides is 1. The first-order valence-electron chi connectivity index (χ1n) is 9.33. The van der Waals surface area contributed by atoms with Crippen molar-refractivity contribution in [3.63, 3.8) is 0 Å². The van der Waals surface area contributed by atoms with Crippen LogP contribution in [0.2, 0.25) is 0 Å². The van der Waals surface area contributed by atoms with Crippen LogP contribution in [-0.4, -0.2) is 28.0 Å². The SMILES string of the molecule is N#CC1(c2ncns2)CC(S(N)(=O)=O)=CC=C1Oc1ccc(C(F)(F)F)cc1-c1ccnnc1. The molecule has 0 fully saturated rings. The molecule has 1 aliphatic carbocycles. The van der Waals surface area contributed by atoms with Crippen LogP contribution in [0.3, 0.4) is 0 Å². The molecule has 0 radical (unpaired) electrons. The van der Waals surface area contributed by atoms with Gasteiger partial charge in [-0.05, 0) is 47.9 Å². The molecule has 1 aliphatic rings. The third-order valence-corrected chi connectivity index (χ3v) is 6.82. The van der Waals surface area contributed by atoms with E-state index in [1.165, 1.54) is 36.9 Å². The van der Waals surface area contributed by atoms with Gasteiger partial charge in [0.15, 0.2) is 5.41 Å². The number of primary sulfonamides is 1. The molecule has 0 saturated heterocycles. The van der Waals surface area contributed by atoms with Crippen LogP contribution in [0.1, 0.15) is 17.0 Å². The number of aromatic nitrogens is 4. The molecule has 34 heavy (non-hydrogen) atoms. The number of nitrogens with two attached hydrogens (primary N) is 1. The van der Waals surface area contributed by atoms with Gasteiger partial charge >= 0.3 is 6.18 Å². The van der Waals surface area contributed by atoms with Crippen molar-refractivity contribution in [1.82, 2.24) is 19.6 Å². The summed E-state index contributed by atoms with van der Waals surface area (Å²) >= 11 is 0.852. The number of benzene rings is 1. The molecule has 1 unspecified atom stereocenters. The van der Waals surface area contributed by atoms with Crippen molar-refractivity contribution in [2.24, 2.45) is 5.14 Å². The van der Waals surface area contributed by atoms with E-state index in [0.29, 0.717) is 0 Å². The lowest BCUT2D eigenvalue weighted by Crippen LogP contribution is -2.34. The highest BCUT2D eigenvalue weighted by molar-refractivity contribution is 7.93. The Bertz CT molecular complexity index is 1430. The normalized spacial score (nSPS) is 18.6. The van der Waals surface area contributed by atoms with Gasteiger partial charge in [0.2, 0.25) is 10.0 Å². The third kappa shape index (κ3) is 4.40. The lowest BCUT2D eigenvalue weighted by atomic mass is 9.81. The predicted molar refractivity (Wildman–Crippen MR) is 114 cm³/mol. The fourth-order valence-electron chi connectivity index (χ4n) is 3.31. The van der Waals surface area contributed by atoms with E-state index in [1.807, 2.05) is 6.07 Å². The molecule has 0 saturated carbocycles. The standard InChI is InChI=1S/C20H13F3N6O3S2/c21-20(22,23)13-1-3-16(15(7-13)12-5-6-27-28-9-12)32-17-4-2-14(34(25,30)31)8-19(17,10-24)18-26-11-29-33-18/h1-7,9,11H,8H2,(H2,25,30,31). The quantitative estimate of drug-likeness (QED) is 0.555. The molecule has 0 amide bonds. The number of nitrogens with zero attached hydrogens (tertiary/aromatic N) is 5. The van der Waals surface area contributed by atoms with Gasteiger partial charge in [0.05, 0.1) is 28.9 Å². The van der Waals surface area contributed by atoms with Crippen molar-refractivity contribution in [2.75, 3.05) is 0 Å². The lowest BCUT2D eigenvalue weighted by molar-refractivity contribution is -0.137. The largest absolute Gasteiger partial charge is 0.459 e.